The van der Waals surface area contributed by atoms with Crippen LogP contribution in [-0.4, -0.2) is 17.4 Å². The van der Waals surface area contributed by atoms with Crippen molar-refractivity contribution in [2.75, 3.05) is 0 Å². The van der Waals surface area contributed by atoms with Gasteiger partial charge >= 0.3 is 5.97 Å². The molecule has 27 heavy (non-hydrogen) atoms. The maximum absolute atomic E-state index is 12.1. The lowest BCUT2D eigenvalue weighted by Gasteiger charge is -2.59. The molecule has 3 nitrogen and oxygen atoms in total. The second-order valence-electron chi connectivity index (χ2n) is 11.2. The monoisotopic (exact) mass is 364 g/mol. The summed E-state index contributed by atoms with van der Waals surface area (Å²) < 4.78 is 6.20. The van der Waals surface area contributed by atoms with E-state index in [1.165, 1.54) is 31.3 Å². The Labute approximate surface area is 160 Å². The fourth-order valence-electron chi connectivity index (χ4n) is 9.38. The van der Waals surface area contributed by atoms with Gasteiger partial charge in [-0.1, -0.05) is 25.5 Å². The molecule has 5 saturated carbocycles. The highest BCUT2D eigenvalue weighted by atomic mass is 16.6. The van der Waals surface area contributed by atoms with Crippen LogP contribution in [0.25, 0.3) is 0 Å². The van der Waals surface area contributed by atoms with Crippen LogP contribution in [0.5, 0.6) is 0 Å². The molecule has 8 unspecified atom stereocenters. The molecular weight excluding hydrogens is 336 g/mol. The molecule has 6 fully saturated rings. The summed E-state index contributed by atoms with van der Waals surface area (Å²) in [4.78, 5) is 24.2. The molecule has 1 heterocycles. The van der Waals surface area contributed by atoms with Crippen LogP contribution < -0.4 is 0 Å². The lowest BCUT2D eigenvalue weighted by Crippen LogP contribution is -2.57. The largest absolute Gasteiger partial charge is 0.458 e. The Morgan fingerprint density at radius 3 is 2.70 bits per heavy atom. The Morgan fingerprint density at radius 2 is 1.93 bits per heavy atom. The molecule has 7 rings (SSSR count). The van der Waals surface area contributed by atoms with Crippen LogP contribution in [0, 0.1) is 52.3 Å². The van der Waals surface area contributed by atoms with E-state index in [1.807, 2.05) is 12.2 Å². The van der Waals surface area contributed by atoms with Crippen molar-refractivity contribution < 1.29 is 14.3 Å². The Bertz CT molecular complexity index is 869. The molecule has 0 radical (unpaired) electrons. The van der Waals surface area contributed by atoms with E-state index in [9.17, 15) is 9.59 Å². The molecule has 142 valence electrons. The second-order valence-corrected chi connectivity index (χ2v) is 11.2. The Kier molecular flexibility index (Phi) is 2.46. The standard InChI is InChI=1S/C24H28O3/c1-22-6-3-12(25)9-17(22)13-10-14(13)20-16(22)4-7-23(2)21(20)15-11-18(15)24(23)8-5-19(26)27-24/h3,6,9,13-16,18,20-21H,4-5,7-8,10-11H2,1-2H3/t13?,14?,15?,16?,18?,20?,21?,22-,23+,24?/m1/s1. The molecule has 1 spiro atoms. The first-order valence-electron chi connectivity index (χ1n) is 11.1. The van der Waals surface area contributed by atoms with Crippen molar-refractivity contribution in [1.29, 1.82) is 0 Å². The van der Waals surface area contributed by atoms with Gasteiger partial charge in [-0.2, -0.15) is 0 Å². The highest BCUT2D eigenvalue weighted by Crippen LogP contribution is 2.82. The summed E-state index contributed by atoms with van der Waals surface area (Å²) in [6, 6.07) is 0. The second kappa shape index (κ2) is 4.28. The number of esters is 1. The molecule has 0 bridgehead atoms. The van der Waals surface area contributed by atoms with Gasteiger partial charge in [-0.15, -0.1) is 0 Å². The van der Waals surface area contributed by atoms with Gasteiger partial charge in [-0.3, -0.25) is 9.59 Å². The van der Waals surface area contributed by atoms with Crippen molar-refractivity contribution in [3.8, 4) is 0 Å². The van der Waals surface area contributed by atoms with Crippen LogP contribution >= 0.6 is 0 Å². The van der Waals surface area contributed by atoms with Gasteiger partial charge in [0, 0.05) is 23.2 Å². The van der Waals surface area contributed by atoms with Gasteiger partial charge in [-0.05, 0) is 79.8 Å². The topological polar surface area (TPSA) is 43.4 Å². The van der Waals surface area contributed by atoms with Gasteiger partial charge in [0.2, 0.25) is 0 Å². The molecule has 10 atom stereocenters. The van der Waals surface area contributed by atoms with E-state index in [1.54, 1.807) is 0 Å². The maximum Gasteiger partial charge on any atom is 0.306 e. The maximum atomic E-state index is 12.1. The van der Waals surface area contributed by atoms with Gasteiger partial charge in [0.25, 0.3) is 0 Å². The van der Waals surface area contributed by atoms with Crippen molar-refractivity contribution in [2.24, 2.45) is 52.3 Å². The average Bonchev–Trinajstić information content (AvgIpc) is 3.53. The third-order valence-electron chi connectivity index (χ3n) is 10.5. The van der Waals surface area contributed by atoms with Crippen molar-refractivity contribution >= 4 is 11.8 Å². The van der Waals surface area contributed by atoms with Crippen LogP contribution in [0.1, 0.15) is 52.4 Å². The van der Waals surface area contributed by atoms with Crippen LogP contribution in [0.2, 0.25) is 0 Å². The lowest BCUT2D eigenvalue weighted by atomic mass is 9.46. The zero-order valence-corrected chi connectivity index (χ0v) is 16.2. The minimum absolute atomic E-state index is 0.0449. The number of ketones is 1. The Balaban J connectivity index is 1.34. The Morgan fingerprint density at radius 1 is 1.07 bits per heavy atom. The van der Waals surface area contributed by atoms with Crippen molar-refractivity contribution in [1.82, 2.24) is 0 Å². The van der Waals surface area contributed by atoms with Gasteiger partial charge in [0.15, 0.2) is 5.78 Å². The smallest absolute Gasteiger partial charge is 0.306 e. The average molecular weight is 364 g/mol. The molecule has 3 heteroatoms. The number of hydrogen-bond acceptors (Lipinski definition) is 3. The summed E-state index contributed by atoms with van der Waals surface area (Å²) in [5.41, 5.74) is 1.54. The van der Waals surface area contributed by atoms with E-state index in [-0.39, 0.29) is 28.2 Å². The first-order chi connectivity index (χ1) is 12.9. The van der Waals surface area contributed by atoms with Crippen LogP contribution in [-0.2, 0) is 14.3 Å². The predicted molar refractivity (Wildman–Crippen MR) is 99.4 cm³/mol. The summed E-state index contributed by atoms with van der Waals surface area (Å²) in [5, 5.41) is 0. The number of hydrogen-bond donors (Lipinski definition) is 0. The molecule has 0 N–H and O–H groups in total. The summed E-state index contributed by atoms with van der Waals surface area (Å²) in [6.07, 6.45) is 12.6. The van der Waals surface area contributed by atoms with Gasteiger partial charge in [-0.25, -0.2) is 0 Å². The van der Waals surface area contributed by atoms with Gasteiger partial charge < -0.3 is 4.74 Å². The minimum atomic E-state index is -0.149. The van der Waals surface area contributed by atoms with E-state index in [0.717, 1.165) is 24.2 Å². The van der Waals surface area contributed by atoms with Crippen LogP contribution in [0.4, 0.5) is 0 Å². The third-order valence-corrected chi connectivity index (χ3v) is 10.5. The van der Waals surface area contributed by atoms with Crippen LogP contribution in [0.3, 0.4) is 0 Å². The number of carbonyl (C=O) groups is 2. The number of rotatable bonds is 0. The molecular formula is C24H28O3. The fourth-order valence-corrected chi connectivity index (χ4v) is 9.38. The van der Waals surface area contributed by atoms with Crippen molar-refractivity contribution in [3.05, 3.63) is 23.8 Å². The first kappa shape index (κ1) is 15.5. The predicted octanol–water partition coefficient (Wildman–Crippen LogP) is 4.08. The van der Waals surface area contributed by atoms with Crippen molar-refractivity contribution in [3.63, 3.8) is 0 Å². The third kappa shape index (κ3) is 1.53. The molecule has 6 aliphatic carbocycles. The highest BCUT2D eigenvalue weighted by Gasteiger charge is 2.80. The van der Waals surface area contributed by atoms with E-state index in [4.69, 9.17) is 4.74 Å². The number of fused-ring (bicyclic) bond motifs is 12. The number of allylic oxidation sites excluding steroid dienone is 4. The van der Waals surface area contributed by atoms with Gasteiger partial charge in [0.1, 0.15) is 5.60 Å². The van der Waals surface area contributed by atoms with E-state index < -0.39 is 0 Å². The molecule has 7 aliphatic rings. The summed E-state index contributed by atoms with van der Waals surface area (Å²) in [6.45, 7) is 4.88. The van der Waals surface area contributed by atoms with E-state index in [0.29, 0.717) is 30.1 Å². The lowest BCUT2D eigenvalue weighted by molar-refractivity contribution is -0.176. The highest BCUT2D eigenvalue weighted by molar-refractivity contribution is 6.01. The number of ether oxygens (including phenoxy) is 1. The summed E-state index contributed by atoms with van der Waals surface area (Å²) in [5.74, 6) is 5.16. The van der Waals surface area contributed by atoms with E-state index in [2.05, 4.69) is 19.9 Å². The summed E-state index contributed by atoms with van der Waals surface area (Å²) >= 11 is 0. The zero-order chi connectivity index (χ0) is 18.3. The molecule has 0 aromatic rings. The fraction of sp³-hybridized carbons (Fsp3) is 0.750. The van der Waals surface area contributed by atoms with Gasteiger partial charge in [0.05, 0.1) is 0 Å². The Hall–Kier alpha value is -1.38. The molecule has 1 saturated heterocycles. The first-order valence-corrected chi connectivity index (χ1v) is 11.1. The van der Waals surface area contributed by atoms with Crippen molar-refractivity contribution in [2.45, 2.75) is 58.0 Å². The quantitative estimate of drug-likeness (QED) is 0.608. The molecule has 0 aromatic heterocycles. The summed E-state index contributed by atoms with van der Waals surface area (Å²) in [7, 11) is 0. The molecule has 1 aliphatic heterocycles. The van der Waals surface area contributed by atoms with Crippen LogP contribution in [0.15, 0.2) is 23.8 Å². The molecule has 0 aromatic carbocycles. The van der Waals surface area contributed by atoms with E-state index >= 15 is 0 Å². The number of carbonyl (C=O) groups excluding carboxylic acids is 2. The SMILES string of the molecule is C[C@]12C=CC(=O)C=C1C1CC1C1C2CC[C@@]2(C)C1C1CC1C21CCC(=O)O1. The molecule has 0 amide bonds. The zero-order valence-electron chi connectivity index (χ0n) is 16.2. The normalized spacial score (nSPS) is 61.4. The minimum Gasteiger partial charge on any atom is -0.458 e.